The van der Waals surface area contributed by atoms with Crippen molar-refractivity contribution in [2.75, 3.05) is 48.4 Å². The van der Waals surface area contributed by atoms with Gasteiger partial charge in [-0.1, -0.05) is 57.2 Å². The highest BCUT2D eigenvalue weighted by atomic mass is 16.5. The molecule has 41 heavy (non-hydrogen) atoms. The maximum absolute atomic E-state index is 13.5. The number of nitrogens with one attached hydrogen (secondary N) is 2. The molecule has 0 radical (unpaired) electrons. The van der Waals surface area contributed by atoms with Crippen LogP contribution in [0.4, 0.5) is 17.1 Å². The fourth-order valence-corrected chi connectivity index (χ4v) is 5.22. The Kier molecular flexibility index (Phi) is 11.4. The largest absolute Gasteiger partial charge is 0.495 e. The highest BCUT2D eigenvalue weighted by Gasteiger charge is 2.24. The number of hydrogen-bond acceptors (Lipinski definition) is 6. The van der Waals surface area contributed by atoms with Crippen LogP contribution in [0.1, 0.15) is 67.8 Å². The summed E-state index contributed by atoms with van der Waals surface area (Å²) in [5, 5.41) is 6.05. The van der Waals surface area contributed by atoms with E-state index in [1.165, 1.54) is 25.7 Å². The summed E-state index contributed by atoms with van der Waals surface area (Å²) in [6.07, 6.45) is 10.7. The summed E-state index contributed by atoms with van der Waals surface area (Å²) >= 11 is 0. The molecule has 2 N–H and O–H groups in total. The predicted molar refractivity (Wildman–Crippen MR) is 166 cm³/mol. The lowest BCUT2D eigenvalue weighted by atomic mass is 10.1. The molecule has 0 atom stereocenters. The first-order valence-corrected chi connectivity index (χ1v) is 14.8. The molecule has 1 saturated heterocycles. The van der Waals surface area contributed by atoms with Crippen molar-refractivity contribution in [2.45, 2.75) is 58.4 Å². The molecule has 0 aliphatic carbocycles. The molecule has 0 bridgehead atoms. The number of anilines is 3. The van der Waals surface area contributed by atoms with E-state index in [0.717, 1.165) is 61.7 Å². The quantitative estimate of drug-likeness (QED) is 0.235. The predicted octanol–water partition coefficient (Wildman–Crippen LogP) is 6.04. The van der Waals surface area contributed by atoms with Crippen LogP contribution in [-0.2, 0) is 11.3 Å². The van der Waals surface area contributed by atoms with Crippen LogP contribution in [0, 0.1) is 0 Å². The number of para-hydroxylation sites is 2. The Labute approximate surface area is 244 Å². The SMILES string of the molecule is CCCCCCCCC(=O)Nc1ccc(N2CCN(c3ccccc3OC)CC2)c(C(=O)NCc2cccnc2)c1. The number of methoxy groups -OCH3 is 1. The van der Waals surface area contributed by atoms with E-state index >= 15 is 0 Å². The molecule has 2 aromatic carbocycles. The molecule has 8 nitrogen and oxygen atoms in total. The summed E-state index contributed by atoms with van der Waals surface area (Å²) in [5.41, 5.74) is 4.06. The van der Waals surface area contributed by atoms with Crippen LogP contribution in [0.25, 0.3) is 0 Å². The average Bonchev–Trinajstić information content (AvgIpc) is 3.02. The Balaban J connectivity index is 1.44. The van der Waals surface area contributed by atoms with E-state index in [1.54, 1.807) is 25.6 Å². The first-order chi connectivity index (χ1) is 20.1. The molecule has 218 valence electrons. The monoisotopic (exact) mass is 557 g/mol. The van der Waals surface area contributed by atoms with Crippen LogP contribution in [0.5, 0.6) is 5.75 Å². The lowest BCUT2D eigenvalue weighted by Gasteiger charge is -2.38. The number of amides is 2. The fraction of sp³-hybridized carbons (Fsp3) is 0.424. The number of pyridine rings is 1. The molecule has 2 amide bonds. The number of ether oxygens (including phenoxy) is 1. The first kappa shape index (κ1) is 29.9. The van der Waals surface area contributed by atoms with Gasteiger partial charge in [0.1, 0.15) is 5.75 Å². The molecule has 0 spiro atoms. The smallest absolute Gasteiger partial charge is 0.253 e. The number of aromatic nitrogens is 1. The van der Waals surface area contributed by atoms with Gasteiger partial charge < -0.3 is 25.2 Å². The van der Waals surface area contributed by atoms with Crippen LogP contribution >= 0.6 is 0 Å². The summed E-state index contributed by atoms with van der Waals surface area (Å²) in [6, 6.07) is 17.5. The zero-order valence-electron chi connectivity index (χ0n) is 24.4. The Hall–Kier alpha value is -4.07. The van der Waals surface area contributed by atoms with E-state index in [9.17, 15) is 9.59 Å². The maximum atomic E-state index is 13.5. The Morgan fingerprint density at radius 1 is 0.878 bits per heavy atom. The second kappa shape index (κ2) is 15.6. The third-order valence-electron chi connectivity index (χ3n) is 7.50. The van der Waals surface area contributed by atoms with Gasteiger partial charge in [0, 0.05) is 62.9 Å². The Bertz CT molecular complexity index is 1260. The second-order valence-corrected chi connectivity index (χ2v) is 10.5. The van der Waals surface area contributed by atoms with Crippen molar-refractivity contribution in [3.8, 4) is 5.75 Å². The number of nitrogens with zero attached hydrogens (tertiary/aromatic N) is 3. The normalized spacial score (nSPS) is 13.1. The minimum atomic E-state index is -0.178. The zero-order valence-corrected chi connectivity index (χ0v) is 24.4. The number of rotatable bonds is 14. The molecule has 8 heteroatoms. The molecule has 0 unspecified atom stereocenters. The zero-order chi connectivity index (χ0) is 28.9. The van der Waals surface area contributed by atoms with E-state index in [4.69, 9.17) is 4.74 Å². The Morgan fingerprint density at radius 2 is 1.61 bits per heavy atom. The van der Waals surface area contributed by atoms with Crippen molar-refractivity contribution < 1.29 is 14.3 Å². The maximum Gasteiger partial charge on any atom is 0.253 e. The second-order valence-electron chi connectivity index (χ2n) is 10.5. The van der Waals surface area contributed by atoms with Gasteiger partial charge in [0.2, 0.25) is 5.91 Å². The topological polar surface area (TPSA) is 86.8 Å². The molecule has 4 rings (SSSR count). The lowest BCUT2D eigenvalue weighted by molar-refractivity contribution is -0.116. The average molecular weight is 558 g/mol. The number of benzene rings is 2. The fourth-order valence-electron chi connectivity index (χ4n) is 5.22. The first-order valence-electron chi connectivity index (χ1n) is 14.8. The molecule has 1 aliphatic rings. The molecule has 1 aromatic heterocycles. The number of unbranched alkanes of at least 4 members (excludes halogenated alkanes) is 5. The van der Waals surface area contributed by atoms with Crippen LogP contribution in [0.15, 0.2) is 67.0 Å². The van der Waals surface area contributed by atoms with Gasteiger partial charge in [-0.25, -0.2) is 0 Å². The molecule has 1 fully saturated rings. The summed E-state index contributed by atoms with van der Waals surface area (Å²) in [5.74, 6) is 0.667. The standard InChI is InChI=1S/C33H43N5O3/c1-3-4-5-6-7-8-15-32(39)36-27-16-17-29(28(23-27)33(40)35-25-26-12-11-18-34-24-26)37-19-21-38(22-20-37)30-13-9-10-14-31(30)41-2/h9-14,16-18,23-24H,3-8,15,19-22,25H2,1-2H3,(H,35,40)(H,36,39). The number of hydrogen-bond donors (Lipinski definition) is 2. The molecule has 1 aliphatic heterocycles. The van der Waals surface area contributed by atoms with Crippen LogP contribution in [-0.4, -0.2) is 50.1 Å². The summed E-state index contributed by atoms with van der Waals surface area (Å²) < 4.78 is 5.57. The molecule has 0 saturated carbocycles. The van der Waals surface area contributed by atoms with Crippen molar-refractivity contribution in [3.05, 3.63) is 78.1 Å². The molecule has 3 aromatic rings. The minimum Gasteiger partial charge on any atom is -0.495 e. The van der Waals surface area contributed by atoms with Gasteiger partial charge >= 0.3 is 0 Å². The number of carbonyl (C=O) groups excluding carboxylic acids is 2. The van der Waals surface area contributed by atoms with E-state index in [-0.39, 0.29) is 11.8 Å². The van der Waals surface area contributed by atoms with E-state index < -0.39 is 0 Å². The van der Waals surface area contributed by atoms with Gasteiger partial charge in [-0.15, -0.1) is 0 Å². The highest BCUT2D eigenvalue weighted by molar-refractivity contribution is 6.02. The van der Waals surface area contributed by atoms with Gasteiger partial charge in [0.25, 0.3) is 5.91 Å². The van der Waals surface area contributed by atoms with Gasteiger partial charge in [0.15, 0.2) is 0 Å². The summed E-state index contributed by atoms with van der Waals surface area (Å²) in [6.45, 7) is 5.69. The summed E-state index contributed by atoms with van der Waals surface area (Å²) in [7, 11) is 1.69. The molecular weight excluding hydrogens is 514 g/mol. The van der Waals surface area contributed by atoms with Crippen LogP contribution in [0.3, 0.4) is 0 Å². The van der Waals surface area contributed by atoms with E-state index in [2.05, 4.69) is 38.4 Å². The van der Waals surface area contributed by atoms with Crippen molar-refractivity contribution >= 4 is 28.9 Å². The third-order valence-corrected chi connectivity index (χ3v) is 7.50. The van der Waals surface area contributed by atoms with Crippen molar-refractivity contribution in [3.63, 3.8) is 0 Å². The lowest BCUT2D eigenvalue weighted by Crippen LogP contribution is -2.47. The van der Waals surface area contributed by atoms with Gasteiger partial charge in [0.05, 0.1) is 18.4 Å². The van der Waals surface area contributed by atoms with Crippen LogP contribution in [0.2, 0.25) is 0 Å². The number of piperazine rings is 1. The van der Waals surface area contributed by atoms with Crippen LogP contribution < -0.4 is 25.2 Å². The highest BCUT2D eigenvalue weighted by Crippen LogP contribution is 2.31. The molecule has 2 heterocycles. The van der Waals surface area contributed by atoms with E-state index in [1.807, 2.05) is 42.5 Å². The van der Waals surface area contributed by atoms with Gasteiger partial charge in [-0.05, 0) is 48.4 Å². The third kappa shape index (κ3) is 8.71. The molecular formula is C33H43N5O3. The van der Waals surface area contributed by atoms with Gasteiger partial charge in [-0.2, -0.15) is 0 Å². The number of carbonyl (C=O) groups is 2. The Morgan fingerprint density at radius 3 is 2.34 bits per heavy atom. The minimum absolute atomic E-state index is 0.0135. The summed E-state index contributed by atoms with van der Waals surface area (Å²) in [4.78, 5) is 34.8. The van der Waals surface area contributed by atoms with Gasteiger partial charge in [-0.3, -0.25) is 14.6 Å². The van der Waals surface area contributed by atoms with E-state index in [0.29, 0.717) is 24.2 Å². The van der Waals surface area contributed by atoms with Crippen molar-refractivity contribution in [2.24, 2.45) is 0 Å². The van der Waals surface area contributed by atoms with Crippen molar-refractivity contribution in [1.29, 1.82) is 0 Å². The van der Waals surface area contributed by atoms with Crippen molar-refractivity contribution in [1.82, 2.24) is 10.3 Å².